The van der Waals surface area contributed by atoms with Gasteiger partial charge in [-0.2, -0.15) is 0 Å². The topological polar surface area (TPSA) is 55.4 Å². The second kappa shape index (κ2) is 9.72. The van der Waals surface area contributed by atoms with Gasteiger partial charge in [0.15, 0.2) is 6.61 Å². The zero-order valence-corrected chi connectivity index (χ0v) is 15.4. The lowest BCUT2D eigenvalue weighted by Gasteiger charge is -2.29. The van der Waals surface area contributed by atoms with Crippen molar-refractivity contribution in [1.29, 1.82) is 0 Å². The number of hydrogen-bond acceptors (Lipinski definition) is 4. The van der Waals surface area contributed by atoms with Crippen molar-refractivity contribution in [3.8, 4) is 0 Å². The van der Waals surface area contributed by atoms with Crippen molar-refractivity contribution in [3.63, 3.8) is 0 Å². The molecule has 24 heavy (non-hydrogen) atoms. The van der Waals surface area contributed by atoms with Gasteiger partial charge in [0.2, 0.25) is 0 Å². The molecule has 0 bridgehead atoms. The van der Waals surface area contributed by atoms with Crippen molar-refractivity contribution in [2.75, 3.05) is 12.4 Å². The molecule has 4 nitrogen and oxygen atoms in total. The maximum absolute atomic E-state index is 11.9. The molecule has 1 amide bonds. The van der Waals surface area contributed by atoms with Crippen molar-refractivity contribution in [1.82, 2.24) is 5.32 Å². The number of benzene rings is 1. The van der Waals surface area contributed by atoms with Crippen molar-refractivity contribution in [2.45, 2.75) is 56.9 Å². The zero-order valence-electron chi connectivity index (χ0n) is 14.5. The SMILES string of the molecule is Cc1ccc(SCCC(=O)OCC(=O)N[C@H]2CCCC[C@@H]2C)cc1. The number of aryl methyl sites for hydroxylation is 1. The van der Waals surface area contributed by atoms with Crippen LogP contribution in [0.3, 0.4) is 0 Å². The van der Waals surface area contributed by atoms with Crippen molar-refractivity contribution in [2.24, 2.45) is 5.92 Å². The van der Waals surface area contributed by atoms with Crippen LogP contribution in [0, 0.1) is 12.8 Å². The second-order valence-corrected chi connectivity index (χ2v) is 7.68. The molecule has 1 saturated carbocycles. The molecule has 2 rings (SSSR count). The van der Waals surface area contributed by atoms with Gasteiger partial charge in [-0.15, -0.1) is 11.8 Å². The first-order chi connectivity index (χ1) is 11.5. The molecule has 0 aromatic heterocycles. The normalized spacial score (nSPS) is 20.4. The van der Waals surface area contributed by atoms with E-state index in [1.54, 1.807) is 11.8 Å². The number of carbonyl (C=O) groups excluding carboxylic acids is 2. The molecule has 0 unspecified atom stereocenters. The van der Waals surface area contributed by atoms with Gasteiger partial charge in [-0.3, -0.25) is 9.59 Å². The van der Waals surface area contributed by atoms with Crippen LogP contribution in [0.15, 0.2) is 29.2 Å². The van der Waals surface area contributed by atoms with Gasteiger partial charge in [0.05, 0.1) is 6.42 Å². The van der Waals surface area contributed by atoms with Gasteiger partial charge in [-0.25, -0.2) is 0 Å². The molecular formula is C19H27NO3S. The van der Waals surface area contributed by atoms with E-state index in [-0.39, 0.29) is 24.5 Å². The molecule has 0 aliphatic heterocycles. The predicted molar refractivity (Wildman–Crippen MR) is 97.0 cm³/mol. The summed E-state index contributed by atoms with van der Waals surface area (Å²) in [5.41, 5.74) is 1.22. The summed E-state index contributed by atoms with van der Waals surface area (Å²) >= 11 is 1.62. The summed E-state index contributed by atoms with van der Waals surface area (Å²) in [6, 6.07) is 8.42. The number of carbonyl (C=O) groups is 2. The van der Waals surface area contributed by atoms with Crippen molar-refractivity contribution >= 4 is 23.6 Å². The highest BCUT2D eigenvalue weighted by Crippen LogP contribution is 2.23. The number of hydrogen-bond donors (Lipinski definition) is 1. The Bertz CT molecular complexity index is 544. The molecule has 1 N–H and O–H groups in total. The Labute approximate surface area is 148 Å². The third kappa shape index (κ3) is 6.56. The maximum Gasteiger partial charge on any atom is 0.307 e. The molecular weight excluding hydrogens is 322 g/mol. The number of amides is 1. The van der Waals surface area contributed by atoms with E-state index < -0.39 is 0 Å². The van der Waals surface area contributed by atoms with Crippen LogP contribution in [0.2, 0.25) is 0 Å². The molecule has 0 heterocycles. The lowest BCUT2D eigenvalue weighted by Crippen LogP contribution is -2.42. The number of thioether (sulfide) groups is 1. The number of rotatable bonds is 7. The fraction of sp³-hybridized carbons (Fsp3) is 0.579. The predicted octanol–water partition coefficient (Wildman–Crippen LogP) is 3.72. The monoisotopic (exact) mass is 349 g/mol. The third-order valence-corrected chi connectivity index (χ3v) is 5.43. The van der Waals surface area contributed by atoms with E-state index in [1.807, 2.05) is 19.1 Å². The Kier molecular flexibility index (Phi) is 7.63. The summed E-state index contributed by atoms with van der Waals surface area (Å²) in [6.45, 7) is 4.04. The van der Waals surface area contributed by atoms with Crippen LogP contribution >= 0.6 is 11.8 Å². The van der Waals surface area contributed by atoms with Crippen LogP contribution in [0.5, 0.6) is 0 Å². The van der Waals surface area contributed by atoms with E-state index in [4.69, 9.17) is 4.74 Å². The van der Waals surface area contributed by atoms with E-state index in [2.05, 4.69) is 24.4 Å². The van der Waals surface area contributed by atoms with Crippen LogP contribution in [0.1, 0.15) is 44.6 Å². The summed E-state index contributed by atoms with van der Waals surface area (Å²) < 4.78 is 5.07. The molecule has 132 valence electrons. The first kappa shape index (κ1) is 18.8. The highest BCUT2D eigenvalue weighted by Gasteiger charge is 2.23. The van der Waals surface area contributed by atoms with Gasteiger partial charge in [-0.1, -0.05) is 37.5 Å². The number of nitrogens with one attached hydrogen (secondary N) is 1. The minimum Gasteiger partial charge on any atom is -0.456 e. The lowest BCUT2D eigenvalue weighted by molar-refractivity contribution is -0.148. The molecule has 0 spiro atoms. The van der Waals surface area contributed by atoms with Crippen molar-refractivity contribution < 1.29 is 14.3 Å². The first-order valence-electron chi connectivity index (χ1n) is 8.69. The van der Waals surface area contributed by atoms with Gasteiger partial charge in [0, 0.05) is 16.7 Å². The fourth-order valence-electron chi connectivity index (χ4n) is 2.88. The Hall–Kier alpha value is -1.49. The molecule has 1 aliphatic carbocycles. The quantitative estimate of drug-likeness (QED) is 0.602. The van der Waals surface area contributed by atoms with Crippen LogP contribution < -0.4 is 5.32 Å². The average Bonchev–Trinajstić information content (AvgIpc) is 2.57. The minimum atomic E-state index is -0.318. The fourth-order valence-corrected chi connectivity index (χ4v) is 3.72. The summed E-state index contributed by atoms with van der Waals surface area (Å²) in [7, 11) is 0. The van der Waals surface area contributed by atoms with Crippen LogP contribution in [-0.2, 0) is 14.3 Å². The maximum atomic E-state index is 11.9. The van der Waals surface area contributed by atoms with Gasteiger partial charge < -0.3 is 10.1 Å². The molecule has 0 radical (unpaired) electrons. The van der Waals surface area contributed by atoms with Gasteiger partial charge in [-0.05, 0) is 37.8 Å². The Morgan fingerprint density at radius 1 is 1.21 bits per heavy atom. The van der Waals surface area contributed by atoms with Crippen molar-refractivity contribution in [3.05, 3.63) is 29.8 Å². The van der Waals surface area contributed by atoms with Gasteiger partial charge in [0.25, 0.3) is 5.91 Å². The Morgan fingerprint density at radius 3 is 2.62 bits per heavy atom. The van der Waals surface area contributed by atoms with E-state index in [0.29, 0.717) is 18.1 Å². The average molecular weight is 349 g/mol. The largest absolute Gasteiger partial charge is 0.456 e. The molecule has 1 aromatic carbocycles. The summed E-state index contributed by atoms with van der Waals surface area (Å²) in [4.78, 5) is 24.8. The molecule has 2 atom stereocenters. The van der Waals surface area contributed by atoms with Gasteiger partial charge >= 0.3 is 5.97 Å². The summed E-state index contributed by atoms with van der Waals surface area (Å²) in [6.07, 6.45) is 4.88. The summed E-state index contributed by atoms with van der Waals surface area (Å²) in [5, 5.41) is 2.99. The number of ether oxygens (including phenoxy) is 1. The molecule has 1 aliphatic rings. The van der Waals surface area contributed by atoms with E-state index in [9.17, 15) is 9.59 Å². The molecule has 1 aromatic rings. The van der Waals surface area contributed by atoms with Crippen LogP contribution in [0.25, 0.3) is 0 Å². The van der Waals surface area contributed by atoms with E-state index in [1.165, 1.54) is 12.0 Å². The zero-order chi connectivity index (χ0) is 17.4. The standard InChI is InChI=1S/C19H27NO3S/c1-14-7-9-16(10-8-14)24-12-11-19(22)23-13-18(21)20-17-6-4-3-5-15(17)2/h7-10,15,17H,3-6,11-13H2,1-2H3,(H,20,21)/t15-,17-/m0/s1. The molecule has 1 fully saturated rings. The Morgan fingerprint density at radius 2 is 1.92 bits per heavy atom. The van der Waals surface area contributed by atoms with Gasteiger partial charge in [0.1, 0.15) is 0 Å². The molecule has 5 heteroatoms. The third-order valence-electron chi connectivity index (χ3n) is 4.42. The minimum absolute atomic E-state index is 0.169. The number of esters is 1. The highest BCUT2D eigenvalue weighted by molar-refractivity contribution is 7.99. The van der Waals surface area contributed by atoms with E-state index >= 15 is 0 Å². The second-order valence-electron chi connectivity index (χ2n) is 6.51. The highest BCUT2D eigenvalue weighted by atomic mass is 32.2. The smallest absolute Gasteiger partial charge is 0.307 e. The first-order valence-corrected chi connectivity index (χ1v) is 9.67. The molecule has 0 saturated heterocycles. The van der Waals surface area contributed by atoms with E-state index in [0.717, 1.165) is 24.2 Å². The summed E-state index contributed by atoms with van der Waals surface area (Å²) in [5.74, 6) is 0.655. The lowest BCUT2D eigenvalue weighted by atomic mass is 9.86. The van der Waals surface area contributed by atoms with Crippen LogP contribution in [0.4, 0.5) is 0 Å². The Balaban J connectivity index is 1.60. The van der Waals surface area contributed by atoms with Crippen LogP contribution in [-0.4, -0.2) is 30.3 Å².